The topological polar surface area (TPSA) is 64.8 Å². The van der Waals surface area contributed by atoms with Crippen LogP contribution in [0.25, 0.3) is 0 Å². The maximum absolute atomic E-state index is 13.5. The van der Waals surface area contributed by atoms with Crippen LogP contribution in [-0.2, 0) is 11.3 Å². The molecular weight excluding hydrogens is 334 g/mol. The minimum absolute atomic E-state index is 0.0170. The molecule has 0 bridgehead atoms. The second-order valence-corrected chi connectivity index (χ2v) is 5.72. The van der Waals surface area contributed by atoms with Crippen LogP contribution in [-0.4, -0.2) is 42.1 Å². The van der Waals surface area contributed by atoms with E-state index in [2.05, 4.69) is 4.98 Å². The molecule has 1 aliphatic heterocycles. The van der Waals surface area contributed by atoms with Crippen molar-refractivity contribution in [3.63, 3.8) is 0 Å². The molecule has 25 heavy (non-hydrogen) atoms. The average molecular weight is 352 g/mol. The predicted octanol–water partition coefficient (Wildman–Crippen LogP) is 2.78. The number of benzene rings is 1. The smallest absolute Gasteiger partial charge is 0.275 e. The van der Waals surface area contributed by atoms with Gasteiger partial charge in [0.2, 0.25) is 11.7 Å². The van der Waals surface area contributed by atoms with E-state index in [1.165, 1.54) is 18.4 Å². The van der Waals surface area contributed by atoms with E-state index >= 15 is 0 Å². The molecule has 1 saturated heterocycles. The van der Waals surface area contributed by atoms with Crippen LogP contribution in [0.2, 0.25) is 0 Å². The monoisotopic (exact) mass is 352 g/mol. The lowest BCUT2D eigenvalue weighted by Crippen LogP contribution is -2.43. The number of carbonyl (C=O) groups excluding carboxylic acids is 1. The van der Waals surface area contributed by atoms with E-state index in [0.717, 1.165) is 18.9 Å². The van der Waals surface area contributed by atoms with Gasteiger partial charge in [-0.05, 0) is 25.0 Å². The highest BCUT2D eigenvalue weighted by Gasteiger charge is 2.26. The summed E-state index contributed by atoms with van der Waals surface area (Å²) >= 11 is 0. The van der Waals surface area contributed by atoms with Gasteiger partial charge < -0.3 is 18.8 Å². The van der Waals surface area contributed by atoms with E-state index < -0.39 is 11.6 Å². The molecular formula is C17H18F2N2O4. The number of carbonyl (C=O) groups is 1. The molecule has 6 nitrogen and oxygen atoms in total. The zero-order chi connectivity index (χ0) is 17.8. The van der Waals surface area contributed by atoms with Gasteiger partial charge in [-0.3, -0.25) is 4.79 Å². The van der Waals surface area contributed by atoms with Crippen LogP contribution in [0, 0.1) is 11.6 Å². The Morgan fingerprint density at radius 2 is 2.28 bits per heavy atom. The molecule has 0 unspecified atom stereocenters. The fourth-order valence-corrected chi connectivity index (χ4v) is 2.69. The van der Waals surface area contributed by atoms with E-state index in [-0.39, 0.29) is 36.0 Å². The number of piperidine rings is 1. The molecule has 1 fully saturated rings. The predicted molar refractivity (Wildman–Crippen MR) is 83.1 cm³/mol. The molecule has 1 aromatic carbocycles. The van der Waals surface area contributed by atoms with E-state index in [9.17, 15) is 13.6 Å². The van der Waals surface area contributed by atoms with Crippen molar-refractivity contribution in [2.24, 2.45) is 0 Å². The van der Waals surface area contributed by atoms with Crippen LogP contribution in [0.5, 0.6) is 5.75 Å². The van der Waals surface area contributed by atoms with Gasteiger partial charge in [0.25, 0.3) is 5.91 Å². The molecule has 1 atom stereocenters. The number of ether oxygens (including phenoxy) is 2. The first-order chi connectivity index (χ1) is 12.1. The fraction of sp³-hybridized carbons (Fsp3) is 0.412. The van der Waals surface area contributed by atoms with Crippen LogP contribution >= 0.6 is 0 Å². The van der Waals surface area contributed by atoms with Crippen LogP contribution in [0.4, 0.5) is 8.78 Å². The van der Waals surface area contributed by atoms with Crippen molar-refractivity contribution in [1.29, 1.82) is 0 Å². The highest BCUT2D eigenvalue weighted by Crippen LogP contribution is 2.21. The third-order valence-electron chi connectivity index (χ3n) is 4.04. The Labute approximate surface area is 143 Å². The molecule has 0 radical (unpaired) electrons. The Bertz CT molecular complexity index is 750. The normalized spacial score (nSPS) is 17.6. The molecule has 2 aromatic rings. The summed E-state index contributed by atoms with van der Waals surface area (Å²) < 4.78 is 42.3. The van der Waals surface area contributed by atoms with E-state index in [0.29, 0.717) is 13.1 Å². The third kappa shape index (κ3) is 3.96. The number of halogens is 2. The molecule has 3 rings (SSSR count). The molecule has 0 aliphatic carbocycles. The molecule has 0 saturated carbocycles. The van der Waals surface area contributed by atoms with Crippen LogP contribution in [0.15, 0.2) is 28.9 Å². The van der Waals surface area contributed by atoms with Gasteiger partial charge in [-0.2, -0.15) is 4.39 Å². The number of rotatable bonds is 5. The number of hydrogen-bond donors (Lipinski definition) is 0. The summed E-state index contributed by atoms with van der Waals surface area (Å²) in [5, 5.41) is 0. The van der Waals surface area contributed by atoms with Gasteiger partial charge in [0, 0.05) is 20.2 Å². The first-order valence-electron chi connectivity index (χ1n) is 7.91. The Morgan fingerprint density at radius 3 is 3.08 bits per heavy atom. The summed E-state index contributed by atoms with van der Waals surface area (Å²) in [6.07, 6.45) is 3.02. The van der Waals surface area contributed by atoms with Gasteiger partial charge in [-0.1, -0.05) is 6.07 Å². The van der Waals surface area contributed by atoms with E-state index in [1.54, 1.807) is 12.0 Å². The van der Waals surface area contributed by atoms with E-state index in [4.69, 9.17) is 13.9 Å². The molecule has 0 N–H and O–H groups in total. The maximum Gasteiger partial charge on any atom is 0.275 e. The highest BCUT2D eigenvalue weighted by molar-refractivity contribution is 5.92. The van der Waals surface area contributed by atoms with Gasteiger partial charge in [-0.15, -0.1) is 0 Å². The number of aromatic nitrogens is 1. The molecule has 134 valence electrons. The molecule has 8 heteroatoms. The van der Waals surface area contributed by atoms with Gasteiger partial charge in [0.05, 0.1) is 6.10 Å². The molecule has 1 aromatic heterocycles. The van der Waals surface area contributed by atoms with Crippen molar-refractivity contribution < 1.29 is 27.5 Å². The zero-order valence-corrected chi connectivity index (χ0v) is 13.7. The van der Waals surface area contributed by atoms with Crippen molar-refractivity contribution in [3.8, 4) is 5.75 Å². The van der Waals surface area contributed by atoms with Crippen molar-refractivity contribution in [2.75, 3.05) is 20.2 Å². The van der Waals surface area contributed by atoms with Gasteiger partial charge >= 0.3 is 0 Å². The number of methoxy groups -OCH3 is 1. The average Bonchev–Trinajstić information content (AvgIpc) is 3.11. The first kappa shape index (κ1) is 17.3. The first-order valence-corrected chi connectivity index (χ1v) is 7.91. The second-order valence-electron chi connectivity index (χ2n) is 5.72. The maximum atomic E-state index is 13.5. The number of oxazole rings is 1. The van der Waals surface area contributed by atoms with Crippen LogP contribution < -0.4 is 4.74 Å². The Hall–Kier alpha value is -2.48. The van der Waals surface area contributed by atoms with Crippen molar-refractivity contribution in [1.82, 2.24) is 9.88 Å². The molecule has 1 aliphatic rings. The quantitative estimate of drug-likeness (QED) is 0.828. The molecule has 2 heterocycles. The van der Waals surface area contributed by atoms with Gasteiger partial charge in [-0.25, -0.2) is 9.37 Å². The van der Waals surface area contributed by atoms with Crippen molar-refractivity contribution in [3.05, 3.63) is 47.7 Å². The number of amides is 1. The fourth-order valence-electron chi connectivity index (χ4n) is 2.69. The minimum atomic E-state index is -1.08. The minimum Gasteiger partial charge on any atom is -0.481 e. The SMILES string of the molecule is CO[C@H]1CCCN(C(=O)c2coc(COc3cccc(F)c3F)n2)C1. The summed E-state index contributed by atoms with van der Waals surface area (Å²) in [6, 6.07) is 3.63. The van der Waals surface area contributed by atoms with Crippen LogP contribution in [0.1, 0.15) is 29.2 Å². The summed E-state index contributed by atoms with van der Waals surface area (Å²) in [6.45, 7) is 0.919. The number of nitrogens with zero attached hydrogens (tertiary/aromatic N) is 2. The highest BCUT2D eigenvalue weighted by atomic mass is 19.2. The summed E-state index contributed by atoms with van der Waals surface area (Å²) in [5.74, 6) is -2.48. The summed E-state index contributed by atoms with van der Waals surface area (Å²) in [4.78, 5) is 18.2. The lowest BCUT2D eigenvalue weighted by molar-refractivity contribution is 0.0265. The standard InChI is InChI=1S/C17H18F2N2O4/c1-23-11-4-3-7-21(8-11)17(22)13-9-25-15(20-13)10-24-14-6-2-5-12(18)16(14)19/h2,5-6,9,11H,3-4,7-8,10H2,1H3/t11-/m0/s1. The molecule has 0 spiro atoms. The zero-order valence-electron chi connectivity index (χ0n) is 13.7. The summed E-state index contributed by atoms with van der Waals surface area (Å²) in [5.41, 5.74) is 0.148. The Balaban J connectivity index is 1.62. The number of likely N-dealkylation sites (tertiary alicyclic amines) is 1. The van der Waals surface area contributed by atoms with Gasteiger partial charge in [0.1, 0.15) is 6.26 Å². The lowest BCUT2D eigenvalue weighted by atomic mass is 10.1. The van der Waals surface area contributed by atoms with Crippen molar-refractivity contribution in [2.45, 2.75) is 25.6 Å². The largest absolute Gasteiger partial charge is 0.481 e. The van der Waals surface area contributed by atoms with E-state index in [1.807, 2.05) is 0 Å². The Kier molecular flexibility index (Phi) is 5.28. The lowest BCUT2D eigenvalue weighted by Gasteiger charge is -2.31. The molecule has 1 amide bonds. The Morgan fingerprint density at radius 1 is 1.44 bits per heavy atom. The number of hydrogen-bond acceptors (Lipinski definition) is 5. The van der Waals surface area contributed by atoms with Crippen molar-refractivity contribution >= 4 is 5.91 Å². The van der Waals surface area contributed by atoms with Crippen LogP contribution in [0.3, 0.4) is 0 Å². The second kappa shape index (κ2) is 7.60. The van der Waals surface area contributed by atoms with Gasteiger partial charge in [0.15, 0.2) is 23.9 Å². The summed E-state index contributed by atoms with van der Waals surface area (Å²) in [7, 11) is 1.62. The third-order valence-corrected chi connectivity index (χ3v) is 4.04.